The smallest absolute Gasteiger partial charge is 0.254 e. The molecule has 1 unspecified atom stereocenters. The predicted octanol–water partition coefficient (Wildman–Crippen LogP) is 3.31. The first-order valence-electron chi connectivity index (χ1n) is 11.2. The van der Waals surface area contributed by atoms with E-state index in [4.69, 9.17) is 14.5 Å². The van der Waals surface area contributed by atoms with Crippen LogP contribution in [0.2, 0.25) is 0 Å². The van der Waals surface area contributed by atoms with Crippen LogP contribution < -0.4 is 20.3 Å². The average molecular weight is 448 g/mol. The average Bonchev–Trinajstić information content (AvgIpc) is 3.07. The number of rotatable bonds is 7. The van der Waals surface area contributed by atoms with E-state index in [1.807, 2.05) is 48.5 Å². The molecular weight excluding hydrogens is 418 g/mol. The Hall–Kier alpha value is -3.61. The molecule has 4 rings (SSSR count). The Kier molecular flexibility index (Phi) is 7.07. The Morgan fingerprint density at radius 2 is 1.82 bits per heavy atom. The normalized spacial score (nSPS) is 15.3. The summed E-state index contributed by atoms with van der Waals surface area (Å²) in [7, 11) is 3.21. The second-order valence-corrected chi connectivity index (χ2v) is 8.21. The van der Waals surface area contributed by atoms with Crippen LogP contribution in [0.4, 0.5) is 0 Å². The topological polar surface area (TPSA) is 93.3 Å². The maximum absolute atomic E-state index is 12.8. The van der Waals surface area contributed by atoms with Crippen molar-refractivity contribution in [3.8, 4) is 22.9 Å². The fourth-order valence-corrected chi connectivity index (χ4v) is 4.29. The highest BCUT2D eigenvalue weighted by molar-refractivity contribution is 5.78. The van der Waals surface area contributed by atoms with Gasteiger partial charge >= 0.3 is 0 Å². The van der Waals surface area contributed by atoms with Gasteiger partial charge in [-0.1, -0.05) is 36.4 Å². The third kappa shape index (κ3) is 5.25. The zero-order chi connectivity index (χ0) is 23.2. The van der Waals surface area contributed by atoms with Gasteiger partial charge in [0.25, 0.3) is 5.56 Å². The monoisotopic (exact) mass is 447 g/mol. The summed E-state index contributed by atoms with van der Waals surface area (Å²) in [5.41, 5.74) is 3.35. The standard InChI is InChI=1S/C26H29N3O4/c1-32-22-13-8-17(16-23(22)33-2)14-15-27-25(30)19-9-11-20-21(12-10-19)28-24(29-26(20)31)18-6-4-3-5-7-18/h3-8,13,16,19H,9-12,14-15H2,1-2H3,(H,27,30)(H,28,29,31). The Morgan fingerprint density at radius 1 is 1.06 bits per heavy atom. The number of amides is 1. The van der Waals surface area contributed by atoms with Gasteiger partial charge < -0.3 is 19.8 Å². The zero-order valence-corrected chi connectivity index (χ0v) is 19.0. The van der Waals surface area contributed by atoms with Crippen LogP contribution in [0.5, 0.6) is 11.5 Å². The molecule has 1 amide bonds. The van der Waals surface area contributed by atoms with E-state index in [-0.39, 0.29) is 17.4 Å². The van der Waals surface area contributed by atoms with Gasteiger partial charge in [0.1, 0.15) is 5.82 Å². The number of aromatic amines is 1. The summed E-state index contributed by atoms with van der Waals surface area (Å²) in [5.74, 6) is 1.84. The van der Waals surface area contributed by atoms with Gasteiger partial charge in [-0.15, -0.1) is 0 Å². The lowest BCUT2D eigenvalue weighted by atomic mass is 9.98. The van der Waals surface area contributed by atoms with Crippen LogP contribution in [0.3, 0.4) is 0 Å². The van der Waals surface area contributed by atoms with Crippen molar-refractivity contribution in [3.05, 3.63) is 75.7 Å². The number of ether oxygens (including phenoxy) is 2. The summed E-state index contributed by atoms with van der Waals surface area (Å²) in [4.78, 5) is 33.2. The second-order valence-electron chi connectivity index (χ2n) is 8.21. The number of nitrogens with zero attached hydrogens (tertiary/aromatic N) is 1. The van der Waals surface area contributed by atoms with Gasteiger partial charge in [-0.2, -0.15) is 0 Å². The molecule has 2 N–H and O–H groups in total. The van der Waals surface area contributed by atoms with Crippen molar-refractivity contribution in [2.24, 2.45) is 5.92 Å². The van der Waals surface area contributed by atoms with Gasteiger partial charge in [-0.3, -0.25) is 9.59 Å². The van der Waals surface area contributed by atoms with E-state index in [1.54, 1.807) is 14.2 Å². The number of H-pyrrole nitrogens is 1. The van der Waals surface area contributed by atoms with Gasteiger partial charge in [0, 0.05) is 23.6 Å². The maximum atomic E-state index is 12.8. The van der Waals surface area contributed by atoms with Gasteiger partial charge in [0.15, 0.2) is 11.5 Å². The number of carbonyl (C=O) groups excluding carboxylic acids is 1. The van der Waals surface area contributed by atoms with Gasteiger partial charge in [0.05, 0.1) is 19.9 Å². The second kappa shape index (κ2) is 10.3. The molecule has 2 aromatic carbocycles. The summed E-state index contributed by atoms with van der Waals surface area (Å²) in [6.07, 6.45) is 3.19. The molecular formula is C26H29N3O4. The van der Waals surface area contributed by atoms with E-state index < -0.39 is 0 Å². The molecule has 172 valence electrons. The summed E-state index contributed by atoms with van der Waals surface area (Å²) in [6, 6.07) is 15.4. The summed E-state index contributed by atoms with van der Waals surface area (Å²) in [6.45, 7) is 0.536. The number of aryl methyl sites for hydroxylation is 1. The number of benzene rings is 2. The molecule has 1 heterocycles. The Morgan fingerprint density at radius 3 is 2.58 bits per heavy atom. The highest BCUT2D eigenvalue weighted by Crippen LogP contribution is 2.28. The first kappa shape index (κ1) is 22.6. The van der Waals surface area contributed by atoms with E-state index in [1.165, 1.54) is 0 Å². The van der Waals surface area contributed by atoms with Crippen molar-refractivity contribution in [3.63, 3.8) is 0 Å². The van der Waals surface area contributed by atoms with Crippen molar-refractivity contribution in [2.45, 2.75) is 32.1 Å². The van der Waals surface area contributed by atoms with Crippen LogP contribution in [-0.4, -0.2) is 36.6 Å². The van der Waals surface area contributed by atoms with Crippen molar-refractivity contribution >= 4 is 5.91 Å². The van der Waals surface area contributed by atoms with E-state index in [9.17, 15) is 9.59 Å². The van der Waals surface area contributed by atoms with Crippen LogP contribution in [-0.2, 0) is 24.1 Å². The minimum absolute atomic E-state index is 0.0306. The van der Waals surface area contributed by atoms with Crippen LogP contribution in [0.15, 0.2) is 53.3 Å². The molecule has 0 aliphatic heterocycles. The summed E-state index contributed by atoms with van der Waals surface area (Å²) < 4.78 is 10.6. The minimum atomic E-state index is -0.135. The molecule has 0 fully saturated rings. The summed E-state index contributed by atoms with van der Waals surface area (Å²) >= 11 is 0. The largest absolute Gasteiger partial charge is 0.493 e. The first-order valence-corrected chi connectivity index (χ1v) is 11.2. The van der Waals surface area contributed by atoms with Crippen LogP contribution in [0.1, 0.15) is 29.7 Å². The molecule has 0 spiro atoms. The molecule has 1 aliphatic carbocycles. The minimum Gasteiger partial charge on any atom is -0.493 e. The van der Waals surface area contributed by atoms with Crippen LogP contribution >= 0.6 is 0 Å². The molecule has 0 saturated heterocycles. The van der Waals surface area contributed by atoms with Crippen molar-refractivity contribution in [2.75, 3.05) is 20.8 Å². The van der Waals surface area contributed by atoms with Gasteiger partial charge in [0.2, 0.25) is 5.91 Å². The van der Waals surface area contributed by atoms with E-state index in [2.05, 4.69) is 10.3 Å². The first-order chi connectivity index (χ1) is 16.1. The molecule has 3 aromatic rings. The third-order valence-electron chi connectivity index (χ3n) is 6.15. The molecule has 1 aromatic heterocycles. The third-order valence-corrected chi connectivity index (χ3v) is 6.15. The maximum Gasteiger partial charge on any atom is 0.254 e. The molecule has 0 bridgehead atoms. The molecule has 0 radical (unpaired) electrons. The SMILES string of the molecule is COc1ccc(CCNC(=O)C2CCc3nc(-c4ccccc4)[nH]c(=O)c3CC2)cc1OC. The lowest BCUT2D eigenvalue weighted by Crippen LogP contribution is -2.32. The Balaban J connectivity index is 1.36. The van der Waals surface area contributed by atoms with E-state index >= 15 is 0 Å². The highest BCUT2D eigenvalue weighted by Gasteiger charge is 2.25. The quantitative estimate of drug-likeness (QED) is 0.542. The van der Waals surface area contributed by atoms with Crippen molar-refractivity contribution < 1.29 is 14.3 Å². The highest BCUT2D eigenvalue weighted by atomic mass is 16.5. The number of aromatic nitrogens is 2. The molecule has 7 nitrogen and oxygen atoms in total. The van der Waals surface area contributed by atoms with Gasteiger partial charge in [-0.25, -0.2) is 4.98 Å². The van der Waals surface area contributed by atoms with Crippen molar-refractivity contribution in [1.29, 1.82) is 0 Å². The molecule has 1 aliphatic rings. The fourth-order valence-electron chi connectivity index (χ4n) is 4.29. The van der Waals surface area contributed by atoms with Crippen LogP contribution in [0.25, 0.3) is 11.4 Å². The lowest BCUT2D eigenvalue weighted by Gasteiger charge is -2.14. The number of carbonyl (C=O) groups is 1. The number of fused-ring (bicyclic) bond motifs is 1. The number of methoxy groups -OCH3 is 2. The zero-order valence-electron chi connectivity index (χ0n) is 19.0. The molecule has 33 heavy (non-hydrogen) atoms. The molecule has 7 heteroatoms. The summed E-state index contributed by atoms with van der Waals surface area (Å²) in [5, 5.41) is 3.06. The van der Waals surface area contributed by atoms with E-state index in [0.29, 0.717) is 61.5 Å². The van der Waals surface area contributed by atoms with Gasteiger partial charge in [-0.05, 0) is 49.8 Å². The lowest BCUT2D eigenvalue weighted by molar-refractivity contribution is -0.125. The predicted molar refractivity (Wildman–Crippen MR) is 127 cm³/mol. The van der Waals surface area contributed by atoms with Crippen LogP contribution in [0, 0.1) is 5.92 Å². The van der Waals surface area contributed by atoms with E-state index in [0.717, 1.165) is 16.8 Å². The Bertz CT molecular complexity index is 1170. The number of nitrogens with one attached hydrogen (secondary N) is 2. The fraction of sp³-hybridized carbons (Fsp3) is 0.346. The Labute approximate surface area is 193 Å². The van der Waals surface area contributed by atoms with Crippen molar-refractivity contribution in [1.82, 2.24) is 15.3 Å². The number of hydrogen-bond acceptors (Lipinski definition) is 5. The molecule has 0 saturated carbocycles. The molecule has 1 atom stereocenters. The number of hydrogen-bond donors (Lipinski definition) is 2.